The third kappa shape index (κ3) is 3.80. The Morgan fingerprint density at radius 1 is 1.26 bits per heavy atom. The maximum Gasteiger partial charge on any atom is 0.0499 e. The Morgan fingerprint density at radius 3 is 2.37 bits per heavy atom. The quantitative estimate of drug-likeness (QED) is 0.811. The Morgan fingerprint density at radius 2 is 1.89 bits per heavy atom. The minimum absolute atomic E-state index is 0.181. The molecule has 2 N–H and O–H groups in total. The Hall–Kier alpha value is -0.860. The summed E-state index contributed by atoms with van der Waals surface area (Å²) in [5, 5.41) is 0. The smallest absolute Gasteiger partial charge is 0.0499 e. The fourth-order valence-corrected chi connectivity index (χ4v) is 2.86. The monoisotopic (exact) mass is 260 g/mol. The SMILES string of the molecule is CCCCN(C1CC1)C(c1ccc(C)cc1)C(C)N. The number of nitrogens with zero attached hydrogens (tertiary/aromatic N) is 1. The number of hydrogen-bond acceptors (Lipinski definition) is 2. The van der Waals surface area contributed by atoms with E-state index in [1.807, 2.05) is 0 Å². The second-order valence-electron chi connectivity index (χ2n) is 6.04. The first-order valence-corrected chi connectivity index (χ1v) is 7.71. The van der Waals surface area contributed by atoms with Crippen LogP contribution in [0.25, 0.3) is 0 Å². The van der Waals surface area contributed by atoms with Gasteiger partial charge in [0.1, 0.15) is 0 Å². The summed E-state index contributed by atoms with van der Waals surface area (Å²) < 4.78 is 0. The summed E-state index contributed by atoms with van der Waals surface area (Å²) in [6.45, 7) is 7.73. The molecule has 0 heterocycles. The molecule has 0 radical (unpaired) electrons. The van der Waals surface area contributed by atoms with Crippen LogP contribution in [-0.4, -0.2) is 23.5 Å². The number of benzene rings is 1. The summed E-state index contributed by atoms with van der Waals surface area (Å²) >= 11 is 0. The maximum absolute atomic E-state index is 6.30. The number of rotatable bonds is 7. The summed E-state index contributed by atoms with van der Waals surface area (Å²) in [6.07, 6.45) is 5.21. The van der Waals surface area contributed by atoms with E-state index >= 15 is 0 Å². The van der Waals surface area contributed by atoms with Crippen LogP contribution in [0.3, 0.4) is 0 Å². The van der Waals surface area contributed by atoms with Crippen molar-refractivity contribution in [3.05, 3.63) is 35.4 Å². The van der Waals surface area contributed by atoms with Crippen molar-refractivity contribution in [3.8, 4) is 0 Å². The van der Waals surface area contributed by atoms with Gasteiger partial charge in [0.2, 0.25) is 0 Å². The van der Waals surface area contributed by atoms with Gasteiger partial charge >= 0.3 is 0 Å². The highest BCUT2D eigenvalue weighted by atomic mass is 15.2. The third-order valence-electron chi connectivity index (χ3n) is 4.06. The molecule has 1 fully saturated rings. The molecule has 2 atom stereocenters. The Balaban J connectivity index is 2.19. The molecular weight excluding hydrogens is 232 g/mol. The lowest BCUT2D eigenvalue weighted by Crippen LogP contribution is -2.41. The van der Waals surface area contributed by atoms with E-state index in [1.54, 1.807) is 0 Å². The zero-order chi connectivity index (χ0) is 13.8. The molecule has 2 unspecified atom stereocenters. The van der Waals surface area contributed by atoms with E-state index in [4.69, 9.17) is 5.73 Å². The third-order valence-corrected chi connectivity index (χ3v) is 4.06. The second kappa shape index (κ2) is 6.53. The largest absolute Gasteiger partial charge is 0.326 e. The van der Waals surface area contributed by atoms with Crippen LogP contribution >= 0.6 is 0 Å². The zero-order valence-electron chi connectivity index (χ0n) is 12.6. The Kier molecular flexibility index (Phi) is 5.00. The second-order valence-corrected chi connectivity index (χ2v) is 6.04. The normalized spacial score (nSPS) is 18.6. The topological polar surface area (TPSA) is 29.3 Å². The average Bonchev–Trinajstić information content (AvgIpc) is 3.20. The van der Waals surface area contributed by atoms with Gasteiger partial charge in [0, 0.05) is 18.1 Å². The molecule has 106 valence electrons. The van der Waals surface area contributed by atoms with E-state index in [0.29, 0.717) is 6.04 Å². The lowest BCUT2D eigenvalue weighted by atomic mass is 9.97. The van der Waals surface area contributed by atoms with E-state index in [9.17, 15) is 0 Å². The van der Waals surface area contributed by atoms with Crippen molar-refractivity contribution in [1.82, 2.24) is 4.90 Å². The molecule has 2 nitrogen and oxygen atoms in total. The van der Waals surface area contributed by atoms with Crippen LogP contribution in [-0.2, 0) is 0 Å². The van der Waals surface area contributed by atoms with E-state index < -0.39 is 0 Å². The van der Waals surface area contributed by atoms with Crippen molar-refractivity contribution in [2.45, 2.75) is 64.6 Å². The standard InChI is InChI=1S/C17H28N2/c1-4-5-12-19(16-10-11-16)17(14(3)18)15-8-6-13(2)7-9-15/h6-9,14,16-17H,4-5,10-12,18H2,1-3H3. The fraction of sp³-hybridized carbons (Fsp3) is 0.647. The molecule has 0 aromatic heterocycles. The van der Waals surface area contributed by atoms with Crippen molar-refractivity contribution >= 4 is 0 Å². The van der Waals surface area contributed by atoms with Crippen LogP contribution in [0.1, 0.15) is 56.7 Å². The molecule has 19 heavy (non-hydrogen) atoms. The maximum atomic E-state index is 6.30. The van der Waals surface area contributed by atoms with Crippen LogP contribution < -0.4 is 5.73 Å². The number of nitrogens with two attached hydrogens (primary N) is 1. The van der Waals surface area contributed by atoms with Crippen LogP contribution in [0.15, 0.2) is 24.3 Å². The van der Waals surface area contributed by atoms with E-state index in [-0.39, 0.29) is 6.04 Å². The predicted octanol–water partition coefficient (Wildman–Crippen LogP) is 3.65. The molecule has 0 spiro atoms. The minimum atomic E-state index is 0.181. The van der Waals surface area contributed by atoms with E-state index in [1.165, 1.54) is 43.4 Å². The summed E-state index contributed by atoms with van der Waals surface area (Å²) in [5.41, 5.74) is 9.00. The summed E-state index contributed by atoms with van der Waals surface area (Å²) in [4.78, 5) is 2.65. The van der Waals surface area contributed by atoms with E-state index in [0.717, 1.165) is 6.04 Å². The molecule has 1 aromatic rings. The van der Waals surface area contributed by atoms with Crippen LogP contribution in [0, 0.1) is 6.92 Å². The lowest BCUT2D eigenvalue weighted by molar-refractivity contribution is 0.164. The lowest BCUT2D eigenvalue weighted by Gasteiger charge is -2.35. The van der Waals surface area contributed by atoms with Gasteiger partial charge in [-0.15, -0.1) is 0 Å². The van der Waals surface area contributed by atoms with Gasteiger partial charge in [0.15, 0.2) is 0 Å². The Bertz CT molecular complexity index is 379. The highest BCUT2D eigenvalue weighted by Crippen LogP contribution is 2.36. The molecular formula is C17H28N2. The van der Waals surface area contributed by atoms with Crippen LogP contribution in [0.5, 0.6) is 0 Å². The predicted molar refractivity (Wildman–Crippen MR) is 82.2 cm³/mol. The van der Waals surface area contributed by atoms with Gasteiger partial charge in [-0.3, -0.25) is 4.90 Å². The first-order valence-electron chi connectivity index (χ1n) is 7.71. The van der Waals surface area contributed by atoms with Gasteiger partial charge in [0.05, 0.1) is 0 Å². The van der Waals surface area contributed by atoms with Crippen molar-refractivity contribution in [3.63, 3.8) is 0 Å². The molecule has 1 saturated carbocycles. The van der Waals surface area contributed by atoms with Crippen molar-refractivity contribution in [2.75, 3.05) is 6.54 Å². The molecule has 1 aromatic carbocycles. The molecule has 0 aliphatic heterocycles. The van der Waals surface area contributed by atoms with Crippen LogP contribution in [0.2, 0.25) is 0 Å². The molecule has 2 heteroatoms. The molecule has 1 aliphatic rings. The molecule has 2 rings (SSSR count). The highest BCUT2D eigenvalue weighted by molar-refractivity contribution is 5.25. The summed E-state index contributed by atoms with van der Waals surface area (Å²) in [6, 6.07) is 10.2. The Labute approximate surface area is 118 Å². The fourth-order valence-electron chi connectivity index (χ4n) is 2.86. The van der Waals surface area contributed by atoms with Crippen LogP contribution in [0.4, 0.5) is 0 Å². The number of unbranched alkanes of at least 4 members (excludes halogenated alkanes) is 1. The molecule has 0 saturated heterocycles. The number of aryl methyl sites for hydroxylation is 1. The first kappa shape index (κ1) is 14.5. The summed E-state index contributed by atoms with van der Waals surface area (Å²) in [7, 11) is 0. The van der Waals surface area contributed by atoms with Crippen molar-refractivity contribution < 1.29 is 0 Å². The van der Waals surface area contributed by atoms with E-state index in [2.05, 4.69) is 49.9 Å². The van der Waals surface area contributed by atoms with Gasteiger partial charge in [0.25, 0.3) is 0 Å². The van der Waals surface area contributed by atoms with Gasteiger partial charge in [-0.1, -0.05) is 43.2 Å². The molecule has 0 bridgehead atoms. The van der Waals surface area contributed by atoms with Gasteiger partial charge in [-0.2, -0.15) is 0 Å². The van der Waals surface area contributed by atoms with Gasteiger partial charge in [-0.25, -0.2) is 0 Å². The molecule has 0 amide bonds. The zero-order valence-corrected chi connectivity index (χ0v) is 12.6. The van der Waals surface area contributed by atoms with Gasteiger partial charge in [-0.05, 0) is 45.2 Å². The first-order chi connectivity index (χ1) is 9.13. The van der Waals surface area contributed by atoms with Crippen molar-refractivity contribution in [1.29, 1.82) is 0 Å². The molecule has 1 aliphatic carbocycles. The highest BCUT2D eigenvalue weighted by Gasteiger charge is 2.35. The minimum Gasteiger partial charge on any atom is -0.326 e. The summed E-state index contributed by atoms with van der Waals surface area (Å²) in [5.74, 6) is 0. The van der Waals surface area contributed by atoms with Gasteiger partial charge < -0.3 is 5.73 Å². The number of hydrogen-bond donors (Lipinski definition) is 1. The average molecular weight is 260 g/mol. The van der Waals surface area contributed by atoms with Crippen molar-refractivity contribution in [2.24, 2.45) is 5.73 Å².